The van der Waals surface area contributed by atoms with Crippen molar-refractivity contribution in [3.05, 3.63) is 53.3 Å². The second-order valence-corrected chi connectivity index (χ2v) is 6.13. The Morgan fingerprint density at radius 3 is 2.62 bits per heavy atom. The molecule has 2 atom stereocenters. The van der Waals surface area contributed by atoms with Gasteiger partial charge in [-0.1, -0.05) is 30.3 Å². The molecule has 1 amide bonds. The highest BCUT2D eigenvalue weighted by Gasteiger charge is 2.36. The maximum atomic E-state index is 12.8. The molecule has 2 aromatic rings. The molecule has 0 radical (unpaired) electrons. The topological polar surface area (TPSA) is 59.0 Å². The van der Waals surface area contributed by atoms with E-state index in [0.29, 0.717) is 13.0 Å². The number of amides is 1. The van der Waals surface area contributed by atoms with Crippen LogP contribution in [0.25, 0.3) is 0 Å². The number of rotatable bonds is 3. The number of nitrogens with zero attached hydrogens (tertiary/aromatic N) is 2. The summed E-state index contributed by atoms with van der Waals surface area (Å²) in [7, 11) is 1.33. The number of hydrogen-bond donors (Lipinski definition) is 2. The molecule has 0 bridgehead atoms. The SMILES string of the molecule is Cl.Cn1nc(C(F)(F)F)cc1C(=O)N[C@@H]1CCNC[C@@H]1c1ccccc1. The minimum absolute atomic E-state index is 0. The zero-order valence-corrected chi connectivity index (χ0v) is 14.9. The number of aryl methyl sites for hydroxylation is 1. The van der Waals surface area contributed by atoms with Crippen LogP contribution in [0.1, 0.15) is 34.1 Å². The number of halogens is 4. The van der Waals surface area contributed by atoms with Crippen LogP contribution in [0.5, 0.6) is 0 Å². The van der Waals surface area contributed by atoms with Gasteiger partial charge in [-0.05, 0) is 18.5 Å². The van der Waals surface area contributed by atoms with Gasteiger partial charge in [-0.2, -0.15) is 18.3 Å². The second kappa shape index (κ2) is 8.09. The van der Waals surface area contributed by atoms with Crippen molar-refractivity contribution < 1.29 is 18.0 Å². The minimum Gasteiger partial charge on any atom is -0.347 e. The predicted molar refractivity (Wildman–Crippen MR) is 93.4 cm³/mol. The van der Waals surface area contributed by atoms with Crippen LogP contribution in [0.2, 0.25) is 0 Å². The van der Waals surface area contributed by atoms with Gasteiger partial charge in [0.05, 0.1) is 0 Å². The highest BCUT2D eigenvalue weighted by atomic mass is 35.5. The molecular formula is C17H20ClF3N4O. The van der Waals surface area contributed by atoms with E-state index in [9.17, 15) is 18.0 Å². The van der Waals surface area contributed by atoms with E-state index in [1.165, 1.54) is 7.05 Å². The van der Waals surface area contributed by atoms with Crippen molar-refractivity contribution in [2.45, 2.75) is 24.6 Å². The lowest BCUT2D eigenvalue weighted by Gasteiger charge is -2.33. The molecule has 2 heterocycles. The predicted octanol–water partition coefficient (Wildman–Crippen LogP) is 2.74. The number of nitrogens with one attached hydrogen (secondary N) is 2. The van der Waals surface area contributed by atoms with Gasteiger partial charge in [-0.25, -0.2) is 0 Å². The van der Waals surface area contributed by atoms with Crippen LogP contribution in [0, 0.1) is 0 Å². The maximum Gasteiger partial charge on any atom is 0.435 e. The Hall–Kier alpha value is -2.06. The molecule has 1 aliphatic rings. The van der Waals surface area contributed by atoms with Gasteiger partial charge in [-0.3, -0.25) is 9.48 Å². The third kappa shape index (κ3) is 4.37. The van der Waals surface area contributed by atoms with E-state index < -0.39 is 17.8 Å². The zero-order chi connectivity index (χ0) is 18.0. The molecule has 9 heteroatoms. The lowest BCUT2D eigenvalue weighted by Crippen LogP contribution is -2.48. The molecule has 1 aromatic heterocycles. The van der Waals surface area contributed by atoms with Crippen LogP contribution in [0.4, 0.5) is 13.2 Å². The van der Waals surface area contributed by atoms with Gasteiger partial charge in [0.25, 0.3) is 5.91 Å². The van der Waals surface area contributed by atoms with Crippen molar-refractivity contribution in [2.75, 3.05) is 13.1 Å². The molecule has 26 heavy (non-hydrogen) atoms. The second-order valence-electron chi connectivity index (χ2n) is 6.13. The van der Waals surface area contributed by atoms with E-state index in [1.807, 2.05) is 30.3 Å². The minimum atomic E-state index is -4.57. The van der Waals surface area contributed by atoms with Gasteiger partial charge in [-0.15, -0.1) is 12.4 Å². The summed E-state index contributed by atoms with van der Waals surface area (Å²) >= 11 is 0. The van der Waals surface area contributed by atoms with Crippen molar-refractivity contribution in [3.63, 3.8) is 0 Å². The Morgan fingerprint density at radius 1 is 1.31 bits per heavy atom. The zero-order valence-electron chi connectivity index (χ0n) is 14.1. The standard InChI is InChI=1S/C17H19F3N4O.ClH/c1-24-14(9-15(23-24)17(18,19)20)16(25)22-13-7-8-21-10-12(13)11-5-3-2-4-6-11;/h2-6,9,12-13,21H,7-8,10H2,1H3,(H,22,25);1H/t12-,13-;/m1./s1. The molecule has 3 rings (SSSR count). The average molecular weight is 389 g/mol. The van der Waals surface area contributed by atoms with Crippen LogP contribution in [0.3, 0.4) is 0 Å². The van der Waals surface area contributed by atoms with Gasteiger partial charge < -0.3 is 10.6 Å². The number of alkyl halides is 3. The first-order valence-electron chi connectivity index (χ1n) is 8.04. The van der Waals surface area contributed by atoms with E-state index in [4.69, 9.17) is 0 Å². The third-order valence-corrected chi connectivity index (χ3v) is 4.43. The van der Waals surface area contributed by atoms with Crippen LogP contribution < -0.4 is 10.6 Å². The number of carbonyl (C=O) groups is 1. The summed E-state index contributed by atoms with van der Waals surface area (Å²) in [5.74, 6) is -0.479. The highest BCUT2D eigenvalue weighted by Crippen LogP contribution is 2.29. The molecule has 1 saturated heterocycles. The fourth-order valence-electron chi connectivity index (χ4n) is 3.14. The van der Waals surface area contributed by atoms with Crippen molar-refractivity contribution in [1.29, 1.82) is 0 Å². The Morgan fingerprint density at radius 2 is 2.00 bits per heavy atom. The van der Waals surface area contributed by atoms with Gasteiger partial charge in [0.2, 0.25) is 0 Å². The number of piperidine rings is 1. The summed E-state index contributed by atoms with van der Waals surface area (Å²) in [6, 6.07) is 10.4. The normalized spacial score (nSPS) is 20.3. The van der Waals surface area contributed by atoms with E-state index in [0.717, 1.165) is 22.9 Å². The van der Waals surface area contributed by atoms with Gasteiger partial charge >= 0.3 is 6.18 Å². The van der Waals surface area contributed by atoms with E-state index in [1.54, 1.807) is 0 Å². The fourth-order valence-corrected chi connectivity index (χ4v) is 3.14. The van der Waals surface area contributed by atoms with Gasteiger partial charge in [0, 0.05) is 31.6 Å². The Bertz CT molecular complexity index is 748. The van der Waals surface area contributed by atoms with Crippen molar-refractivity contribution in [2.24, 2.45) is 7.05 Å². The first-order chi connectivity index (χ1) is 11.9. The molecule has 1 aliphatic heterocycles. The third-order valence-electron chi connectivity index (χ3n) is 4.43. The van der Waals surface area contributed by atoms with E-state index in [2.05, 4.69) is 15.7 Å². The lowest BCUT2D eigenvalue weighted by atomic mass is 9.87. The Balaban J connectivity index is 0.00000243. The van der Waals surface area contributed by atoms with Crippen LogP contribution >= 0.6 is 12.4 Å². The van der Waals surface area contributed by atoms with E-state index >= 15 is 0 Å². The quantitative estimate of drug-likeness (QED) is 0.850. The molecule has 0 saturated carbocycles. The first kappa shape index (κ1) is 20.3. The molecule has 0 aliphatic carbocycles. The largest absolute Gasteiger partial charge is 0.435 e. The Labute approximate surface area is 155 Å². The van der Waals surface area contributed by atoms with Crippen LogP contribution in [0.15, 0.2) is 36.4 Å². The molecule has 1 fully saturated rings. The van der Waals surface area contributed by atoms with Crippen LogP contribution in [-0.4, -0.2) is 34.8 Å². The molecular weight excluding hydrogens is 369 g/mol. The van der Waals surface area contributed by atoms with E-state index in [-0.39, 0.29) is 30.1 Å². The molecule has 1 aromatic carbocycles. The summed E-state index contributed by atoms with van der Waals surface area (Å²) in [6.45, 7) is 1.45. The highest BCUT2D eigenvalue weighted by molar-refractivity contribution is 5.93. The molecule has 2 N–H and O–H groups in total. The fraction of sp³-hybridized carbons (Fsp3) is 0.412. The molecule has 5 nitrogen and oxygen atoms in total. The van der Waals surface area contributed by atoms with Crippen LogP contribution in [-0.2, 0) is 13.2 Å². The van der Waals surface area contributed by atoms with Gasteiger partial charge in [0.15, 0.2) is 5.69 Å². The van der Waals surface area contributed by atoms with Crippen molar-refractivity contribution in [3.8, 4) is 0 Å². The summed E-state index contributed by atoms with van der Waals surface area (Å²) in [6.07, 6.45) is -3.87. The molecule has 0 unspecified atom stereocenters. The number of hydrogen-bond acceptors (Lipinski definition) is 3. The molecule has 142 valence electrons. The number of benzene rings is 1. The van der Waals surface area contributed by atoms with Crippen molar-refractivity contribution >= 4 is 18.3 Å². The Kier molecular flexibility index (Phi) is 6.30. The number of aromatic nitrogens is 2. The summed E-state index contributed by atoms with van der Waals surface area (Å²) in [5.41, 5.74) is -0.0799. The summed E-state index contributed by atoms with van der Waals surface area (Å²) in [4.78, 5) is 12.5. The summed E-state index contributed by atoms with van der Waals surface area (Å²) < 4.78 is 39.3. The van der Waals surface area contributed by atoms with Gasteiger partial charge in [0.1, 0.15) is 5.69 Å². The number of carbonyl (C=O) groups excluding carboxylic acids is 1. The molecule has 0 spiro atoms. The lowest BCUT2D eigenvalue weighted by molar-refractivity contribution is -0.141. The van der Waals surface area contributed by atoms with Crippen molar-refractivity contribution in [1.82, 2.24) is 20.4 Å². The maximum absolute atomic E-state index is 12.8. The monoisotopic (exact) mass is 388 g/mol. The average Bonchev–Trinajstić information content (AvgIpc) is 2.98. The first-order valence-corrected chi connectivity index (χ1v) is 8.04. The summed E-state index contributed by atoms with van der Waals surface area (Å²) in [5, 5.41) is 9.57. The smallest absolute Gasteiger partial charge is 0.347 e.